The predicted octanol–water partition coefficient (Wildman–Crippen LogP) is 1.75. The molecule has 16 heavy (non-hydrogen) atoms. The summed E-state index contributed by atoms with van der Waals surface area (Å²) in [6.45, 7) is 4.53. The molecule has 0 aromatic heterocycles. The van der Waals surface area contributed by atoms with Crippen molar-refractivity contribution in [1.82, 2.24) is 10.2 Å². The van der Waals surface area contributed by atoms with Gasteiger partial charge in [0.15, 0.2) is 0 Å². The van der Waals surface area contributed by atoms with Crippen molar-refractivity contribution in [3.05, 3.63) is 12.3 Å². The third-order valence-corrected chi connectivity index (χ3v) is 3.87. The second-order valence-corrected chi connectivity index (χ2v) is 5.17. The van der Waals surface area contributed by atoms with E-state index in [0.717, 1.165) is 19.4 Å². The average Bonchev–Trinajstić information content (AvgIpc) is 2.32. The van der Waals surface area contributed by atoms with E-state index in [4.69, 9.17) is 4.74 Å². The van der Waals surface area contributed by atoms with E-state index in [1.165, 1.54) is 19.4 Å². The van der Waals surface area contributed by atoms with Crippen molar-refractivity contribution in [2.45, 2.75) is 50.8 Å². The molecular weight excluding hydrogens is 200 g/mol. The van der Waals surface area contributed by atoms with E-state index in [-0.39, 0.29) is 0 Å². The zero-order valence-corrected chi connectivity index (χ0v) is 10.5. The Bertz CT molecular complexity index is 242. The summed E-state index contributed by atoms with van der Waals surface area (Å²) in [6, 6.07) is 1.39. The van der Waals surface area contributed by atoms with Crippen LogP contribution in [0.3, 0.4) is 0 Å². The molecule has 2 aliphatic heterocycles. The van der Waals surface area contributed by atoms with E-state index < -0.39 is 0 Å². The van der Waals surface area contributed by atoms with Crippen LogP contribution in [0.2, 0.25) is 0 Å². The van der Waals surface area contributed by atoms with Crippen LogP contribution < -0.4 is 5.32 Å². The third kappa shape index (κ3) is 3.22. The molecule has 3 unspecified atom stereocenters. The number of likely N-dealkylation sites (tertiary alicyclic amines) is 1. The van der Waals surface area contributed by atoms with E-state index in [2.05, 4.69) is 30.3 Å². The first-order chi connectivity index (χ1) is 7.75. The number of hydrogen-bond acceptors (Lipinski definition) is 3. The first kappa shape index (κ1) is 11.9. The predicted molar refractivity (Wildman–Crippen MR) is 66.4 cm³/mol. The highest BCUT2D eigenvalue weighted by molar-refractivity contribution is 4.86. The zero-order chi connectivity index (χ0) is 11.4. The average molecular weight is 224 g/mol. The lowest BCUT2D eigenvalue weighted by molar-refractivity contribution is 0.108. The fourth-order valence-corrected chi connectivity index (χ4v) is 2.51. The molecule has 3 heteroatoms. The Hall–Kier alpha value is -0.540. The summed E-state index contributed by atoms with van der Waals surface area (Å²) in [5, 5.41) is 3.66. The minimum atomic E-state index is 0.389. The number of nitrogens with one attached hydrogen (secondary N) is 1. The van der Waals surface area contributed by atoms with Gasteiger partial charge in [-0.1, -0.05) is 0 Å². The molecular formula is C13H24N2O. The van der Waals surface area contributed by atoms with Crippen LogP contribution in [0.5, 0.6) is 0 Å². The number of nitrogens with zero attached hydrogens (tertiary/aromatic N) is 1. The number of rotatable bonds is 3. The molecule has 0 saturated carbocycles. The van der Waals surface area contributed by atoms with Crippen molar-refractivity contribution in [1.29, 1.82) is 0 Å². The van der Waals surface area contributed by atoms with Gasteiger partial charge in [-0.3, -0.25) is 0 Å². The Balaban J connectivity index is 1.68. The summed E-state index contributed by atoms with van der Waals surface area (Å²) in [6.07, 6.45) is 9.20. The summed E-state index contributed by atoms with van der Waals surface area (Å²) >= 11 is 0. The molecule has 0 spiro atoms. The minimum absolute atomic E-state index is 0.389. The van der Waals surface area contributed by atoms with Crippen LogP contribution in [0, 0.1) is 0 Å². The fraction of sp³-hybridized carbons (Fsp3) is 0.846. The lowest BCUT2D eigenvalue weighted by Crippen LogP contribution is -2.47. The van der Waals surface area contributed by atoms with E-state index in [9.17, 15) is 0 Å². The first-order valence-electron chi connectivity index (χ1n) is 6.50. The summed E-state index contributed by atoms with van der Waals surface area (Å²) < 4.78 is 5.56. The van der Waals surface area contributed by atoms with Crippen LogP contribution >= 0.6 is 0 Å². The maximum atomic E-state index is 5.56. The van der Waals surface area contributed by atoms with Gasteiger partial charge < -0.3 is 15.0 Å². The van der Waals surface area contributed by atoms with Crippen molar-refractivity contribution >= 4 is 0 Å². The second-order valence-electron chi connectivity index (χ2n) is 5.17. The van der Waals surface area contributed by atoms with E-state index in [1.54, 1.807) is 0 Å². The molecule has 0 aliphatic carbocycles. The molecule has 2 heterocycles. The molecule has 3 nitrogen and oxygen atoms in total. The summed E-state index contributed by atoms with van der Waals surface area (Å²) in [4.78, 5) is 2.44. The monoisotopic (exact) mass is 224 g/mol. The molecule has 2 rings (SSSR count). The second kappa shape index (κ2) is 5.69. The maximum Gasteiger partial charge on any atom is 0.110 e. The Morgan fingerprint density at radius 2 is 2.31 bits per heavy atom. The lowest BCUT2D eigenvalue weighted by Gasteiger charge is -2.36. The molecule has 0 radical (unpaired) electrons. The highest BCUT2D eigenvalue weighted by Gasteiger charge is 2.23. The number of ether oxygens (including phenoxy) is 1. The molecule has 0 aromatic carbocycles. The molecule has 1 fully saturated rings. The third-order valence-electron chi connectivity index (χ3n) is 3.87. The van der Waals surface area contributed by atoms with Crippen LogP contribution in [0.4, 0.5) is 0 Å². The van der Waals surface area contributed by atoms with Gasteiger partial charge in [-0.25, -0.2) is 0 Å². The molecule has 0 aromatic rings. The van der Waals surface area contributed by atoms with Crippen molar-refractivity contribution < 1.29 is 4.74 Å². The normalized spacial score (nSPS) is 36.0. The van der Waals surface area contributed by atoms with Gasteiger partial charge in [0.25, 0.3) is 0 Å². The van der Waals surface area contributed by atoms with Crippen molar-refractivity contribution in [2.24, 2.45) is 0 Å². The highest BCUT2D eigenvalue weighted by Crippen LogP contribution is 2.16. The number of hydrogen-bond donors (Lipinski definition) is 1. The van der Waals surface area contributed by atoms with Gasteiger partial charge in [-0.2, -0.15) is 0 Å². The zero-order valence-electron chi connectivity index (χ0n) is 10.5. The molecule has 0 bridgehead atoms. The van der Waals surface area contributed by atoms with Crippen LogP contribution in [-0.4, -0.2) is 43.2 Å². The summed E-state index contributed by atoms with van der Waals surface area (Å²) in [5.41, 5.74) is 0. The van der Waals surface area contributed by atoms with Gasteiger partial charge in [0.2, 0.25) is 0 Å². The van der Waals surface area contributed by atoms with Gasteiger partial charge in [-0.15, -0.1) is 0 Å². The smallest absolute Gasteiger partial charge is 0.110 e. The molecule has 92 valence electrons. The van der Waals surface area contributed by atoms with Crippen LogP contribution in [0.25, 0.3) is 0 Å². The van der Waals surface area contributed by atoms with Crippen LogP contribution in [0.1, 0.15) is 32.6 Å². The molecule has 0 amide bonds. The fourth-order valence-electron chi connectivity index (χ4n) is 2.51. The molecule has 1 saturated heterocycles. The maximum absolute atomic E-state index is 5.56. The van der Waals surface area contributed by atoms with E-state index in [1.807, 2.05) is 6.26 Å². The number of allylic oxidation sites excluding steroid dienone is 1. The molecule has 3 atom stereocenters. The van der Waals surface area contributed by atoms with E-state index >= 15 is 0 Å². The van der Waals surface area contributed by atoms with Crippen molar-refractivity contribution in [3.8, 4) is 0 Å². The number of piperidine rings is 1. The summed E-state index contributed by atoms with van der Waals surface area (Å²) in [7, 11) is 2.22. The largest absolute Gasteiger partial charge is 0.497 e. The molecule has 2 aliphatic rings. The Kier molecular flexibility index (Phi) is 4.24. The van der Waals surface area contributed by atoms with E-state index in [0.29, 0.717) is 18.2 Å². The van der Waals surface area contributed by atoms with Crippen molar-refractivity contribution in [2.75, 3.05) is 20.1 Å². The van der Waals surface area contributed by atoms with Gasteiger partial charge in [-0.05, 0) is 52.3 Å². The van der Waals surface area contributed by atoms with Gasteiger partial charge in [0.1, 0.15) is 6.10 Å². The first-order valence-corrected chi connectivity index (χ1v) is 6.50. The minimum Gasteiger partial charge on any atom is -0.497 e. The Morgan fingerprint density at radius 1 is 1.44 bits per heavy atom. The van der Waals surface area contributed by atoms with Gasteiger partial charge >= 0.3 is 0 Å². The van der Waals surface area contributed by atoms with Crippen LogP contribution in [0.15, 0.2) is 12.3 Å². The SMILES string of the molecule is CC1CC(NCC2CCC=CO2)CCN1C. The summed E-state index contributed by atoms with van der Waals surface area (Å²) in [5.74, 6) is 0. The van der Waals surface area contributed by atoms with Crippen LogP contribution in [-0.2, 0) is 4.74 Å². The van der Waals surface area contributed by atoms with Gasteiger partial charge in [0.05, 0.1) is 6.26 Å². The topological polar surface area (TPSA) is 24.5 Å². The van der Waals surface area contributed by atoms with Crippen molar-refractivity contribution in [3.63, 3.8) is 0 Å². The molecule has 1 N–H and O–H groups in total. The Morgan fingerprint density at radius 3 is 3.00 bits per heavy atom. The standard InChI is InChI=1S/C13H24N2O/c1-11-9-12(6-7-15(11)2)14-10-13-5-3-4-8-16-13/h4,8,11-14H,3,5-7,9-10H2,1-2H3. The highest BCUT2D eigenvalue weighted by atomic mass is 16.5. The quantitative estimate of drug-likeness (QED) is 0.790. The van der Waals surface area contributed by atoms with Gasteiger partial charge in [0, 0.05) is 18.6 Å². The Labute approximate surface area is 98.8 Å². The lowest BCUT2D eigenvalue weighted by atomic mass is 9.98.